The van der Waals surface area contributed by atoms with E-state index in [0.29, 0.717) is 5.69 Å². The number of halogens is 2. The molecule has 0 aliphatic heterocycles. The van der Waals surface area contributed by atoms with E-state index in [1.54, 1.807) is 11.7 Å². The lowest BCUT2D eigenvalue weighted by Crippen LogP contribution is -2.31. The van der Waals surface area contributed by atoms with Crippen LogP contribution in [-0.2, 0) is 13.5 Å². The third-order valence-electron chi connectivity index (χ3n) is 2.59. The summed E-state index contributed by atoms with van der Waals surface area (Å²) in [7, 11) is 1.79. The van der Waals surface area contributed by atoms with E-state index in [0.717, 1.165) is 10.9 Å². The number of fused-ring (bicyclic) bond motifs is 1. The predicted octanol–water partition coefficient (Wildman–Crippen LogP) is 1.71. The van der Waals surface area contributed by atoms with Gasteiger partial charge in [0.1, 0.15) is 0 Å². The Hall–Kier alpha value is -1.49. The highest BCUT2D eigenvalue weighted by molar-refractivity contribution is 5.81. The molecule has 0 saturated heterocycles. The predicted molar refractivity (Wildman–Crippen MR) is 58.4 cm³/mol. The number of aryl methyl sites for hydroxylation is 1. The fraction of sp³-hybridized carbons (Fsp3) is 0.364. The van der Waals surface area contributed by atoms with Gasteiger partial charge in [0.15, 0.2) is 0 Å². The van der Waals surface area contributed by atoms with E-state index in [4.69, 9.17) is 5.73 Å². The van der Waals surface area contributed by atoms with E-state index >= 15 is 0 Å². The lowest BCUT2D eigenvalue weighted by molar-refractivity contribution is 0.115. The van der Waals surface area contributed by atoms with Crippen molar-refractivity contribution in [1.29, 1.82) is 0 Å². The standard InChI is InChI=1S/C11H13F2N3/c1-16-10-5-3-2-4-7(10)9(15-16)6-8(14)11(12)13/h2-5,8,11H,6,14H2,1H3. The van der Waals surface area contributed by atoms with Crippen LogP contribution in [0.4, 0.5) is 8.78 Å². The Bertz CT molecular complexity index is 493. The van der Waals surface area contributed by atoms with Crippen molar-refractivity contribution in [2.75, 3.05) is 0 Å². The Morgan fingerprint density at radius 1 is 1.38 bits per heavy atom. The molecule has 0 aliphatic carbocycles. The van der Waals surface area contributed by atoms with Gasteiger partial charge in [0.25, 0.3) is 6.43 Å². The summed E-state index contributed by atoms with van der Waals surface area (Å²) < 4.78 is 26.4. The topological polar surface area (TPSA) is 43.8 Å². The van der Waals surface area contributed by atoms with Crippen LogP contribution in [0.15, 0.2) is 24.3 Å². The summed E-state index contributed by atoms with van der Waals surface area (Å²) in [6.45, 7) is 0. The van der Waals surface area contributed by atoms with Crippen LogP contribution >= 0.6 is 0 Å². The van der Waals surface area contributed by atoms with Gasteiger partial charge in [-0.3, -0.25) is 4.68 Å². The summed E-state index contributed by atoms with van der Waals surface area (Å²) in [6.07, 6.45) is -2.42. The van der Waals surface area contributed by atoms with Crippen molar-refractivity contribution in [1.82, 2.24) is 9.78 Å². The Morgan fingerprint density at radius 2 is 2.06 bits per heavy atom. The van der Waals surface area contributed by atoms with Crippen LogP contribution in [0, 0.1) is 0 Å². The second-order valence-corrected chi connectivity index (χ2v) is 3.79. The Kier molecular flexibility index (Phi) is 2.87. The lowest BCUT2D eigenvalue weighted by Gasteiger charge is -2.07. The van der Waals surface area contributed by atoms with Gasteiger partial charge in [-0.15, -0.1) is 0 Å². The van der Waals surface area contributed by atoms with Crippen LogP contribution in [0.2, 0.25) is 0 Å². The second kappa shape index (κ2) is 4.17. The van der Waals surface area contributed by atoms with Gasteiger partial charge >= 0.3 is 0 Å². The fourth-order valence-corrected chi connectivity index (χ4v) is 1.75. The number of alkyl halides is 2. The van der Waals surface area contributed by atoms with Crippen molar-refractivity contribution in [3.63, 3.8) is 0 Å². The summed E-state index contributed by atoms with van der Waals surface area (Å²) >= 11 is 0. The zero-order valence-electron chi connectivity index (χ0n) is 8.90. The highest BCUT2D eigenvalue weighted by Gasteiger charge is 2.19. The molecule has 2 aromatic rings. The molecule has 0 aliphatic rings. The molecule has 0 spiro atoms. The SMILES string of the molecule is Cn1nc(CC(N)C(F)F)c2ccccc21. The average molecular weight is 225 g/mol. The van der Waals surface area contributed by atoms with E-state index in [1.165, 1.54) is 0 Å². The minimum Gasteiger partial charge on any atom is -0.323 e. The largest absolute Gasteiger partial charge is 0.323 e. The van der Waals surface area contributed by atoms with Gasteiger partial charge in [0, 0.05) is 18.9 Å². The van der Waals surface area contributed by atoms with E-state index in [2.05, 4.69) is 5.10 Å². The molecule has 1 unspecified atom stereocenters. The molecule has 2 N–H and O–H groups in total. The van der Waals surface area contributed by atoms with Crippen molar-refractivity contribution in [3.8, 4) is 0 Å². The zero-order chi connectivity index (χ0) is 11.7. The molecule has 1 aromatic carbocycles. The van der Waals surface area contributed by atoms with Crippen LogP contribution in [-0.4, -0.2) is 22.2 Å². The number of para-hydroxylation sites is 1. The van der Waals surface area contributed by atoms with E-state index in [9.17, 15) is 8.78 Å². The Balaban J connectivity index is 2.38. The number of hydrogen-bond donors (Lipinski definition) is 1. The van der Waals surface area contributed by atoms with Crippen molar-refractivity contribution >= 4 is 10.9 Å². The van der Waals surface area contributed by atoms with Gasteiger partial charge < -0.3 is 5.73 Å². The summed E-state index contributed by atoms with van der Waals surface area (Å²) in [4.78, 5) is 0. The van der Waals surface area contributed by atoms with Crippen LogP contribution in [0.3, 0.4) is 0 Å². The van der Waals surface area contributed by atoms with E-state index < -0.39 is 12.5 Å². The minimum absolute atomic E-state index is 0.0962. The first-order valence-corrected chi connectivity index (χ1v) is 5.04. The monoisotopic (exact) mass is 225 g/mol. The molecule has 1 heterocycles. The lowest BCUT2D eigenvalue weighted by atomic mass is 10.1. The van der Waals surface area contributed by atoms with Crippen LogP contribution in [0.1, 0.15) is 5.69 Å². The molecule has 0 fully saturated rings. The summed E-state index contributed by atoms with van der Waals surface area (Å²) in [5, 5.41) is 5.11. The number of aromatic nitrogens is 2. The van der Waals surface area contributed by atoms with Crippen molar-refractivity contribution in [2.24, 2.45) is 12.8 Å². The molecule has 0 saturated carbocycles. The van der Waals surface area contributed by atoms with Gasteiger partial charge in [0.05, 0.1) is 17.3 Å². The zero-order valence-corrected chi connectivity index (χ0v) is 8.90. The molecule has 16 heavy (non-hydrogen) atoms. The first kappa shape index (κ1) is 11.0. The number of hydrogen-bond acceptors (Lipinski definition) is 2. The summed E-state index contributed by atoms with van der Waals surface area (Å²) in [6, 6.07) is 6.37. The molecule has 3 nitrogen and oxygen atoms in total. The van der Waals surface area contributed by atoms with Gasteiger partial charge in [-0.1, -0.05) is 18.2 Å². The maximum atomic E-state index is 12.4. The van der Waals surface area contributed by atoms with Crippen molar-refractivity contribution in [2.45, 2.75) is 18.9 Å². The molecule has 2 rings (SSSR count). The van der Waals surface area contributed by atoms with Crippen molar-refractivity contribution < 1.29 is 8.78 Å². The highest BCUT2D eigenvalue weighted by Crippen LogP contribution is 2.19. The van der Waals surface area contributed by atoms with Crippen LogP contribution < -0.4 is 5.73 Å². The van der Waals surface area contributed by atoms with Crippen molar-refractivity contribution in [3.05, 3.63) is 30.0 Å². The normalized spacial score (nSPS) is 13.6. The molecule has 1 aromatic heterocycles. The van der Waals surface area contributed by atoms with Gasteiger partial charge in [-0.2, -0.15) is 5.10 Å². The smallest absolute Gasteiger partial charge is 0.253 e. The molecule has 0 amide bonds. The molecule has 86 valence electrons. The highest BCUT2D eigenvalue weighted by atomic mass is 19.3. The van der Waals surface area contributed by atoms with Gasteiger partial charge in [-0.05, 0) is 6.07 Å². The third kappa shape index (κ3) is 1.90. The Morgan fingerprint density at radius 3 is 2.75 bits per heavy atom. The number of nitrogens with two attached hydrogens (primary N) is 1. The van der Waals surface area contributed by atoms with E-state index in [1.807, 2.05) is 24.3 Å². The molecular formula is C11H13F2N3. The molecule has 1 atom stereocenters. The third-order valence-corrected chi connectivity index (χ3v) is 2.59. The molecular weight excluding hydrogens is 212 g/mol. The molecule has 0 bridgehead atoms. The van der Waals surface area contributed by atoms with Crippen LogP contribution in [0.25, 0.3) is 10.9 Å². The van der Waals surface area contributed by atoms with Gasteiger partial charge in [-0.25, -0.2) is 8.78 Å². The molecule has 0 radical (unpaired) electrons. The number of nitrogens with zero attached hydrogens (tertiary/aromatic N) is 2. The fourth-order valence-electron chi connectivity index (χ4n) is 1.75. The first-order valence-electron chi connectivity index (χ1n) is 5.04. The van der Waals surface area contributed by atoms with Crippen LogP contribution in [0.5, 0.6) is 0 Å². The number of rotatable bonds is 3. The first-order chi connectivity index (χ1) is 7.59. The Labute approximate surface area is 91.9 Å². The maximum Gasteiger partial charge on any atom is 0.253 e. The maximum absolute atomic E-state index is 12.4. The minimum atomic E-state index is -2.51. The molecule has 5 heteroatoms. The average Bonchev–Trinajstić information content (AvgIpc) is 2.57. The van der Waals surface area contributed by atoms with Gasteiger partial charge in [0.2, 0.25) is 0 Å². The van der Waals surface area contributed by atoms with E-state index in [-0.39, 0.29) is 6.42 Å². The summed E-state index contributed by atoms with van der Waals surface area (Å²) in [5.74, 6) is 0. The quantitative estimate of drug-likeness (QED) is 0.864. The second-order valence-electron chi connectivity index (χ2n) is 3.79. The summed E-state index contributed by atoms with van der Waals surface area (Å²) in [5.41, 5.74) is 6.91. The number of benzene rings is 1.